The number of aliphatic carboxylic acids is 1. The Morgan fingerprint density at radius 3 is 1.70 bits per heavy atom. The number of carboxylic acids is 1. The number of hydrogen-bond donors (Lipinski definition) is 1. The van der Waals surface area contributed by atoms with Crippen molar-refractivity contribution in [3.8, 4) is 0 Å². The molecule has 0 radical (unpaired) electrons. The van der Waals surface area contributed by atoms with Crippen LogP contribution in [0, 0.1) is 0 Å². The van der Waals surface area contributed by atoms with E-state index in [0.717, 1.165) is 12.5 Å². The molecule has 0 spiro atoms. The fourth-order valence-corrected chi connectivity index (χ4v) is 14.7. The SMILES string of the molecule is C=C(CCC[Si](C)(O[Si](C)(C)C)O[Si](C)(C)C)C(=O)O. The van der Waals surface area contributed by atoms with E-state index in [-0.39, 0.29) is 5.57 Å². The minimum Gasteiger partial charge on any atom is -0.478 e. The van der Waals surface area contributed by atoms with Crippen molar-refractivity contribution >= 4 is 31.2 Å². The van der Waals surface area contributed by atoms with E-state index < -0.39 is 31.2 Å². The lowest BCUT2D eigenvalue weighted by atomic mass is 10.2. The average molecular weight is 335 g/mol. The van der Waals surface area contributed by atoms with Gasteiger partial charge in [0.1, 0.15) is 0 Å². The van der Waals surface area contributed by atoms with Crippen molar-refractivity contribution in [2.45, 2.75) is 64.7 Å². The lowest BCUT2D eigenvalue weighted by Gasteiger charge is -2.38. The largest absolute Gasteiger partial charge is 0.478 e. The van der Waals surface area contributed by atoms with Crippen molar-refractivity contribution in [2.75, 3.05) is 0 Å². The van der Waals surface area contributed by atoms with Crippen molar-refractivity contribution in [2.24, 2.45) is 0 Å². The van der Waals surface area contributed by atoms with E-state index in [4.69, 9.17) is 13.3 Å². The molecule has 20 heavy (non-hydrogen) atoms. The molecule has 0 unspecified atom stereocenters. The van der Waals surface area contributed by atoms with Gasteiger partial charge in [0.2, 0.25) is 0 Å². The standard InChI is InChI=1S/C13H30O4Si3/c1-12(13(14)15)10-9-11-20(8,16-18(2,3)4)17-19(5,6)7/h1,9-11H2,2-8H3,(H,14,15). The van der Waals surface area contributed by atoms with E-state index in [1.807, 2.05) is 0 Å². The highest BCUT2D eigenvalue weighted by atomic mass is 28.5. The molecule has 118 valence electrons. The van der Waals surface area contributed by atoms with Gasteiger partial charge in [0.25, 0.3) is 0 Å². The Labute approximate surface area is 126 Å². The van der Waals surface area contributed by atoms with E-state index >= 15 is 0 Å². The summed E-state index contributed by atoms with van der Waals surface area (Å²) < 4.78 is 12.7. The zero-order chi connectivity index (χ0) is 16.2. The summed E-state index contributed by atoms with van der Waals surface area (Å²) in [7, 11) is -5.57. The third-order valence-electron chi connectivity index (χ3n) is 2.46. The second kappa shape index (κ2) is 7.17. The summed E-state index contributed by atoms with van der Waals surface area (Å²) >= 11 is 0. The summed E-state index contributed by atoms with van der Waals surface area (Å²) in [6, 6.07) is 0.827. The number of rotatable bonds is 9. The first-order valence-electron chi connectivity index (χ1n) is 7.05. The van der Waals surface area contributed by atoms with Crippen LogP contribution >= 0.6 is 0 Å². The molecule has 1 N–H and O–H groups in total. The monoisotopic (exact) mass is 334 g/mol. The lowest BCUT2D eigenvalue weighted by molar-refractivity contribution is -0.132. The first-order valence-corrected chi connectivity index (χ1v) is 16.4. The molecule has 0 bridgehead atoms. The predicted molar refractivity (Wildman–Crippen MR) is 91.3 cm³/mol. The van der Waals surface area contributed by atoms with Gasteiger partial charge in [0, 0.05) is 5.57 Å². The van der Waals surface area contributed by atoms with Crippen molar-refractivity contribution in [3.05, 3.63) is 12.2 Å². The first-order chi connectivity index (χ1) is 8.74. The van der Waals surface area contributed by atoms with E-state index in [1.165, 1.54) is 0 Å². The molecule has 0 fully saturated rings. The maximum absolute atomic E-state index is 10.8. The molecule has 7 heteroatoms. The molecule has 0 aliphatic heterocycles. The third kappa shape index (κ3) is 9.65. The zero-order valence-corrected chi connectivity index (χ0v) is 17.0. The second-order valence-corrected chi connectivity index (χ2v) is 20.2. The van der Waals surface area contributed by atoms with Gasteiger partial charge in [0.05, 0.1) is 0 Å². The van der Waals surface area contributed by atoms with Gasteiger partial charge in [-0.1, -0.05) is 6.58 Å². The van der Waals surface area contributed by atoms with Crippen LogP contribution in [0.2, 0.25) is 51.9 Å². The first kappa shape index (κ1) is 19.8. The molecule has 0 heterocycles. The summed E-state index contributed by atoms with van der Waals surface area (Å²) in [5.41, 5.74) is 0.266. The smallest absolute Gasteiger partial charge is 0.330 e. The fourth-order valence-electron chi connectivity index (χ4n) is 2.15. The van der Waals surface area contributed by atoms with Gasteiger partial charge in [-0.15, -0.1) is 0 Å². The molecular weight excluding hydrogens is 304 g/mol. The molecule has 0 atom stereocenters. The molecule has 0 saturated carbocycles. The third-order valence-corrected chi connectivity index (χ3v) is 12.1. The van der Waals surface area contributed by atoms with Crippen LogP contribution < -0.4 is 0 Å². The van der Waals surface area contributed by atoms with E-state index in [0.29, 0.717) is 6.42 Å². The second-order valence-electron chi connectivity index (χ2n) is 7.32. The molecule has 0 aliphatic carbocycles. The van der Waals surface area contributed by atoms with Crippen LogP contribution in [-0.2, 0) is 13.0 Å². The quantitative estimate of drug-likeness (QED) is 0.507. The summed E-state index contributed by atoms with van der Waals surface area (Å²) in [5.74, 6) is -0.911. The van der Waals surface area contributed by atoms with Crippen molar-refractivity contribution < 1.29 is 18.1 Å². The van der Waals surface area contributed by atoms with Crippen LogP contribution in [0.4, 0.5) is 0 Å². The Hall–Kier alpha value is -0.219. The Morgan fingerprint density at radius 1 is 1.00 bits per heavy atom. The Bertz CT molecular complexity index is 340. The normalized spacial score (nSPS) is 13.3. The van der Waals surface area contributed by atoms with Gasteiger partial charge in [-0.05, 0) is 64.7 Å². The summed E-state index contributed by atoms with van der Waals surface area (Å²) in [5, 5.41) is 8.85. The predicted octanol–water partition coefficient (Wildman–Crippen LogP) is 4.18. The van der Waals surface area contributed by atoms with Gasteiger partial charge < -0.3 is 13.3 Å². The van der Waals surface area contributed by atoms with Crippen LogP contribution in [0.15, 0.2) is 12.2 Å². The molecule has 0 aliphatic rings. The molecule has 4 nitrogen and oxygen atoms in total. The number of carbonyl (C=O) groups is 1. The maximum atomic E-state index is 10.8. The fraction of sp³-hybridized carbons (Fsp3) is 0.769. The number of hydrogen-bond acceptors (Lipinski definition) is 3. The highest BCUT2D eigenvalue weighted by molar-refractivity contribution is 6.87. The van der Waals surface area contributed by atoms with Gasteiger partial charge in [-0.25, -0.2) is 4.79 Å². The average Bonchev–Trinajstić information content (AvgIpc) is 2.10. The van der Waals surface area contributed by atoms with Crippen molar-refractivity contribution in [1.29, 1.82) is 0 Å². The van der Waals surface area contributed by atoms with Crippen LogP contribution in [0.25, 0.3) is 0 Å². The van der Waals surface area contributed by atoms with Crippen LogP contribution in [0.5, 0.6) is 0 Å². The molecule has 0 amide bonds. The van der Waals surface area contributed by atoms with E-state index in [9.17, 15) is 4.79 Å². The zero-order valence-electron chi connectivity index (χ0n) is 14.0. The van der Waals surface area contributed by atoms with Gasteiger partial charge in [-0.2, -0.15) is 0 Å². The molecule has 0 rings (SSSR count). The molecule has 0 aromatic carbocycles. The topological polar surface area (TPSA) is 55.8 Å². The van der Waals surface area contributed by atoms with Crippen molar-refractivity contribution in [3.63, 3.8) is 0 Å². The van der Waals surface area contributed by atoms with Crippen LogP contribution in [0.3, 0.4) is 0 Å². The van der Waals surface area contributed by atoms with Crippen LogP contribution in [-0.4, -0.2) is 36.3 Å². The van der Waals surface area contributed by atoms with E-state index in [1.54, 1.807) is 0 Å². The molecule has 0 aromatic rings. The minimum absolute atomic E-state index is 0.266. The van der Waals surface area contributed by atoms with Gasteiger partial charge >= 0.3 is 14.5 Å². The lowest BCUT2D eigenvalue weighted by Crippen LogP contribution is -2.52. The number of carboxylic acid groups (broad SMARTS) is 1. The highest BCUT2D eigenvalue weighted by Gasteiger charge is 2.39. The Kier molecular flexibility index (Phi) is 7.09. The van der Waals surface area contributed by atoms with Crippen molar-refractivity contribution in [1.82, 2.24) is 0 Å². The van der Waals surface area contributed by atoms with E-state index in [2.05, 4.69) is 52.4 Å². The summed E-state index contributed by atoms with van der Waals surface area (Å²) in [6.45, 7) is 18.7. The summed E-state index contributed by atoms with van der Waals surface area (Å²) in [4.78, 5) is 10.8. The minimum atomic E-state index is -2.23. The van der Waals surface area contributed by atoms with Gasteiger partial charge in [-0.3, -0.25) is 0 Å². The highest BCUT2D eigenvalue weighted by Crippen LogP contribution is 2.26. The Morgan fingerprint density at radius 2 is 1.40 bits per heavy atom. The maximum Gasteiger partial charge on any atom is 0.330 e. The Balaban J connectivity index is 4.70. The molecule has 0 aromatic heterocycles. The van der Waals surface area contributed by atoms with Crippen LogP contribution in [0.1, 0.15) is 12.8 Å². The van der Waals surface area contributed by atoms with Gasteiger partial charge in [0.15, 0.2) is 16.6 Å². The molecule has 0 saturated heterocycles. The molecular formula is C13H30O4Si3. The summed E-state index contributed by atoms with van der Waals surface area (Å²) in [6.07, 6.45) is 1.27.